The minimum Gasteiger partial charge on any atom is -0.496 e. The van der Waals surface area contributed by atoms with Gasteiger partial charge >= 0.3 is 5.69 Å². The topological polar surface area (TPSA) is 122 Å². The highest BCUT2D eigenvalue weighted by Crippen LogP contribution is 2.34. The summed E-state index contributed by atoms with van der Waals surface area (Å²) < 4.78 is 28.5. The Morgan fingerprint density at radius 3 is 2.62 bits per heavy atom. The molecule has 1 aliphatic rings. The molecule has 1 amide bonds. The molecule has 0 aliphatic carbocycles. The second kappa shape index (κ2) is 10.4. The van der Waals surface area contributed by atoms with Gasteiger partial charge in [-0.2, -0.15) is 10.2 Å². The van der Waals surface area contributed by atoms with Crippen LogP contribution in [0.3, 0.4) is 0 Å². The quantitative estimate of drug-likeness (QED) is 0.336. The summed E-state index contributed by atoms with van der Waals surface area (Å²) in [5.74, 6) is -0.478. The summed E-state index contributed by atoms with van der Waals surface area (Å²) in [5, 5.41) is 12.0. The first-order valence-electron chi connectivity index (χ1n) is 12.6. The number of amides is 1. The first kappa shape index (κ1) is 26.8. The van der Waals surface area contributed by atoms with Gasteiger partial charge in [-0.25, -0.2) is 13.8 Å². The summed E-state index contributed by atoms with van der Waals surface area (Å²) in [7, 11) is 1.48. The number of carbonyl (C=O) groups is 1. The van der Waals surface area contributed by atoms with E-state index in [4.69, 9.17) is 9.47 Å². The molecule has 13 heteroatoms. The van der Waals surface area contributed by atoms with Gasteiger partial charge < -0.3 is 14.8 Å². The van der Waals surface area contributed by atoms with Crippen molar-refractivity contribution >= 4 is 27.5 Å². The number of aryl methyl sites for hydroxylation is 1. The minimum atomic E-state index is -1.38. The van der Waals surface area contributed by atoms with Crippen molar-refractivity contribution in [1.82, 2.24) is 29.4 Å². The lowest BCUT2D eigenvalue weighted by Crippen LogP contribution is -2.53. The van der Waals surface area contributed by atoms with Crippen molar-refractivity contribution in [1.29, 1.82) is 0 Å². The Labute approximate surface area is 226 Å². The zero-order valence-corrected chi connectivity index (χ0v) is 22.9. The van der Waals surface area contributed by atoms with Gasteiger partial charge in [0.1, 0.15) is 33.0 Å². The van der Waals surface area contributed by atoms with Crippen molar-refractivity contribution in [2.75, 3.05) is 20.3 Å². The lowest BCUT2D eigenvalue weighted by Gasteiger charge is -2.26. The SMILES string of the molecule is CCCO[C@@H](Cn1c(=O)n([C@]2(C)CCNC2=O)c(=O)c2c(C)c(-n3nccn3)sc21)c1cc(F)ccc1OC. The molecule has 39 heavy (non-hydrogen) atoms. The molecule has 1 aliphatic heterocycles. The molecule has 1 fully saturated rings. The van der Waals surface area contributed by atoms with Crippen molar-refractivity contribution in [3.8, 4) is 10.8 Å². The van der Waals surface area contributed by atoms with Gasteiger partial charge in [-0.1, -0.05) is 18.3 Å². The van der Waals surface area contributed by atoms with Gasteiger partial charge in [0, 0.05) is 24.3 Å². The van der Waals surface area contributed by atoms with Crippen molar-refractivity contribution in [2.24, 2.45) is 0 Å². The lowest BCUT2D eigenvalue weighted by atomic mass is 10.00. The second-order valence-corrected chi connectivity index (χ2v) is 10.6. The standard InChI is InChI=1S/C26H29FN6O5S/c1-5-12-38-19(17-13-16(27)6-7-18(17)37-4)14-31-23-20(15(2)22(39-23)33-29-10-11-30-33)21(34)32(25(31)36)26(3)8-9-28-24(26)35/h6-7,10-11,13,19H,5,8-9,12,14H2,1-4H3,(H,28,35)/t19-,26+/m0/s1. The molecule has 1 saturated heterocycles. The van der Waals surface area contributed by atoms with Gasteiger partial charge in [-0.3, -0.25) is 14.2 Å². The van der Waals surface area contributed by atoms with Gasteiger partial charge in [0.25, 0.3) is 5.56 Å². The van der Waals surface area contributed by atoms with Crippen LogP contribution in [0.4, 0.5) is 4.39 Å². The molecule has 1 N–H and O–H groups in total. The van der Waals surface area contributed by atoms with Crippen molar-refractivity contribution in [3.05, 3.63) is 68.4 Å². The van der Waals surface area contributed by atoms with Crippen LogP contribution in [0.25, 0.3) is 15.2 Å². The van der Waals surface area contributed by atoms with Gasteiger partial charge in [-0.15, -0.1) is 4.80 Å². The average Bonchev–Trinajstić information content (AvgIpc) is 3.64. The Hall–Kier alpha value is -3.84. The molecule has 0 unspecified atom stereocenters. The van der Waals surface area contributed by atoms with Crippen LogP contribution < -0.4 is 21.3 Å². The fourth-order valence-electron chi connectivity index (χ4n) is 5.00. The summed E-state index contributed by atoms with van der Waals surface area (Å²) in [4.78, 5) is 42.8. The lowest BCUT2D eigenvalue weighted by molar-refractivity contribution is -0.126. The van der Waals surface area contributed by atoms with Gasteiger partial charge in [0.05, 0.1) is 31.4 Å². The molecule has 11 nitrogen and oxygen atoms in total. The monoisotopic (exact) mass is 556 g/mol. The summed E-state index contributed by atoms with van der Waals surface area (Å²) in [6.45, 7) is 5.92. The van der Waals surface area contributed by atoms with Crippen LogP contribution in [-0.2, 0) is 21.6 Å². The third-order valence-corrected chi connectivity index (χ3v) is 8.36. The third kappa shape index (κ3) is 4.44. The number of fused-ring (bicyclic) bond motifs is 1. The summed E-state index contributed by atoms with van der Waals surface area (Å²) in [5.41, 5.74) is -1.59. The maximum Gasteiger partial charge on any atom is 0.333 e. The fraction of sp³-hybridized carbons (Fsp3) is 0.423. The molecule has 3 aromatic heterocycles. The van der Waals surface area contributed by atoms with Gasteiger partial charge in [0.2, 0.25) is 5.91 Å². The van der Waals surface area contributed by atoms with Gasteiger partial charge in [-0.05, 0) is 44.9 Å². The van der Waals surface area contributed by atoms with Crippen molar-refractivity contribution in [3.63, 3.8) is 0 Å². The molecule has 1 aromatic carbocycles. The van der Waals surface area contributed by atoms with Crippen LogP contribution in [-0.4, -0.2) is 50.3 Å². The van der Waals surface area contributed by atoms with Crippen molar-refractivity contribution < 1.29 is 18.7 Å². The molecule has 0 saturated carbocycles. The largest absolute Gasteiger partial charge is 0.496 e. The zero-order chi connectivity index (χ0) is 27.9. The van der Waals surface area contributed by atoms with E-state index in [0.717, 1.165) is 4.57 Å². The number of carbonyl (C=O) groups excluding carboxylic acids is 1. The first-order valence-corrected chi connectivity index (χ1v) is 13.4. The fourth-order valence-corrected chi connectivity index (χ4v) is 6.22. The summed E-state index contributed by atoms with van der Waals surface area (Å²) in [6, 6.07) is 4.12. The Balaban J connectivity index is 1.80. The Bertz CT molecular complexity index is 1660. The normalized spacial score (nSPS) is 18.0. The Morgan fingerprint density at radius 1 is 1.23 bits per heavy atom. The molecule has 5 rings (SSSR count). The van der Waals surface area contributed by atoms with E-state index in [2.05, 4.69) is 15.5 Å². The highest BCUT2D eigenvalue weighted by Gasteiger charge is 2.43. The predicted octanol–water partition coefficient (Wildman–Crippen LogP) is 2.66. The van der Waals surface area contributed by atoms with Crippen LogP contribution >= 0.6 is 11.3 Å². The number of aromatic nitrogens is 5. The van der Waals surface area contributed by atoms with Crippen LogP contribution in [0, 0.1) is 12.7 Å². The molecular weight excluding hydrogens is 527 g/mol. The van der Waals surface area contributed by atoms with Crippen LogP contribution in [0.1, 0.15) is 43.9 Å². The van der Waals surface area contributed by atoms with E-state index in [9.17, 15) is 18.8 Å². The molecule has 4 aromatic rings. The second-order valence-electron chi connectivity index (χ2n) is 9.59. The average molecular weight is 557 g/mol. The van der Waals surface area contributed by atoms with Crippen LogP contribution in [0.2, 0.25) is 0 Å². The van der Waals surface area contributed by atoms with E-state index in [-0.39, 0.29) is 18.4 Å². The number of halogens is 1. The van der Waals surface area contributed by atoms with Crippen molar-refractivity contribution in [2.45, 2.75) is 51.8 Å². The Kier molecular flexibility index (Phi) is 7.12. The van der Waals surface area contributed by atoms with Crippen LogP contribution in [0.15, 0.2) is 40.2 Å². The molecule has 4 heterocycles. The molecule has 206 valence electrons. The van der Waals surface area contributed by atoms with E-state index < -0.39 is 34.6 Å². The van der Waals surface area contributed by atoms with Gasteiger partial charge in [0.15, 0.2) is 0 Å². The number of methoxy groups -OCH3 is 1. The number of hydrogen-bond acceptors (Lipinski definition) is 8. The summed E-state index contributed by atoms with van der Waals surface area (Å²) in [6.07, 6.45) is 3.20. The van der Waals surface area contributed by atoms with E-state index in [0.29, 0.717) is 46.3 Å². The number of hydrogen-bond donors (Lipinski definition) is 1. The van der Waals surface area contributed by atoms with E-state index in [1.807, 2.05) is 6.92 Å². The number of thiophene rings is 1. The first-order chi connectivity index (χ1) is 18.7. The number of nitrogens with one attached hydrogen (secondary N) is 1. The maximum absolute atomic E-state index is 14.4. The highest BCUT2D eigenvalue weighted by molar-refractivity contribution is 7.21. The molecular formula is C26H29FN6O5S. The van der Waals surface area contributed by atoms with E-state index in [1.54, 1.807) is 13.8 Å². The molecule has 0 radical (unpaired) electrons. The zero-order valence-electron chi connectivity index (χ0n) is 22.1. The predicted molar refractivity (Wildman–Crippen MR) is 143 cm³/mol. The number of rotatable bonds is 9. The highest BCUT2D eigenvalue weighted by atomic mass is 32.1. The molecule has 2 atom stereocenters. The Morgan fingerprint density at radius 2 is 1.97 bits per heavy atom. The number of ether oxygens (including phenoxy) is 2. The number of nitrogens with zero attached hydrogens (tertiary/aromatic N) is 5. The maximum atomic E-state index is 14.4. The summed E-state index contributed by atoms with van der Waals surface area (Å²) >= 11 is 1.19. The minimum absolute atomic E-state index is 0.0565. The number of benzene rings is 1. The smallest absolute Gasteiger partial charge is 0.333 e. The molecule has 0 spiro atoms. The molecule has 0 bridgehead atoms. The van der Waals surface area contributed by atoms with E-state index in [1.165, 1.54) is 58.4 Å². The van der Waals surface area contributed by atoms with Crippen LogP contribution in [0.5, 0.6) is 5.75 Å². The third-order valence-electron chi connectivity index (χ3n) is 7.08. The van der Waals surface area contributed by atoms with E-state index >= 15 is 0 Å².